The van der Waals surface area contributed by atoms with E-state index in [2.05, 4.69) is 5.32 Å². The highest BCUT2D eigenvalue weighted by molar-refractivity contribution is 6.31. The smallest absolute Gasteiger partial charge is 0.325 e. The fourth-order valence-electron chi connectivity index (χ4n) is 3.92. The van der Waals surface area contributed by atoms with Crippen molar-refractivity contribution in [2.24, 2.45) is 0 Å². The topological polar surface area (TPSA) is 69.7 Å². The predicted molar refractivity (Wildman–Crippen MR) is 105 cm³/mol. The van der Waals surface area contributed by atoms with Gasteiger partial charge in [0, 0.05) is 11.6 Å². The average molecular weight is 416 g/mol. The van der Waals surface area contributed by atoms with E-state index >= 15 is 0 Å². The maximum Gasteiger partial charge on any atom is 0.325 e. The van der Waals surface area contributed by atoms with Crippen LogP contribution in [0.2, 0.25) is 5.02 Å². The average Bonchev–Trinajstić information content (AvgIpc) is 2.94. The van der Waals surface area contributed by atoms with Crippen molar-refractivity contribution in [2.75, 3.05) is 13.1 Å². The Labute approximate surface area is 172 Å². The summed E-state index contributed by atoms with van der Waals surface area (Å²) in [5.74, 6) is -1.59. The monoisotopic (exact) mass is 415 g/mol. The number of amides is 4. The van der Waals surface area contributed by atoms with Crippen LogP contribution in [0.25, 0.3) is 0 Å². The maximum absolute atomic E-state index is 14.1. The highest BCUT2D eigenvalue weighted by Crippen LogP contribution is 2.30. The summed E-state index contributed by atoms with van der Waals surface area (Å²) in [7, 11) is 0. The Morgan fingerprint density at radius 3 is 2.69 bits per heavy atom. The molecule has 1 spiro atoms. The number of benzene rings is 2. The number of nitrogens with one attached hydrogen (secondary N) is 1. The first-order chi connectivity index (χ1) is 13.9. The zero-order valence-electron chi connectivity index (χ0n) is 15.5. The molecular weight excluding hydrogens is 397 g/mol. The third-order valence-corrected chi connectivity index (χ3v) is 5.60. The zero-order valence-corrected chi connectivity index (χ0v) is 16.3. The lowest BCUT2D eigenvalue weighted by Gasteiger charge is -2.38. The first kappa shape index (κ1) is 19.4. The minimum atomic E-state index is -1.19. The van der Waals surface area contributed by atoms with Crippen LogP contribution in [0.15, 0.2) is 48.5 Å². The van der Waals surface area contributed by atoms with Gasteiger partial charge in [-0.05, 0) is 36.6 Å². The van der Waals surface area contributed by atoms with E-state index in [1.807, 2.05) is 30.3 Å². The standard InChI is InChI=1S/C21H19ClFN3O3/c22-15-7-8-17(23)16(11-15)18(27)25-10-4-9-21(13-25)19(28)26(20(29)24-21)12-14-5-2-1-3-6-14/h1-3,5-8,11H,4,9-10,12-13H2,(H,24,29)/t21-/m0/s1. The summed E-state index contributed by atoms with van der Waals surface area (Å²) in [6.45, 7) is 0.520. The second-order valence-corrected chi connectivity index (χ2v) is 7.78. The van der Waals surface area contributed by atoms with Gasteiger partial charge in [-0.1, -0.05) is 41.9 Å². The number of likely N-dealkylation sites (tertiary alicyclic amines) is 1. The van der Waals surface area contributed by atoms with E-state index in [4.69, 9.17) is 11.6 Å². The van der Waals surface area contributed by atoms with Gasteiger partial charge in [0.15, 0.2) is 0 Å². The number of halogens is 2. The van der Waals surface area contributed by atoms with Crippen molar-refractivity contribution in [3.8, 4) is 0 Å². The summed E-state index contributed by atoms with van der Waals surface area (Å²) in [6, 6.07) is 12.5. The molecule has 0 bridgehead atoms. The van der Waals surface area contributed by atoms with Gasteiger partial charge in [-0.15, -0.1) is 0 Å². The van der Waals surface area contributed by atoms with Crippen LogP contribution in [-0.2, 0) is 11.3 Å². The summed E-state index contributed by atoms with van der Waals surface area (Å²) in [4.78, 5) is 41.1. The normalized spacial score (nSPS) is 21.6. The molecule has 1 N–H and O–H groups in total. The zero-order chi connectivity index (χ0) is 20.6. The van der Waals surface area contributed by atoms with E-state index in [9.17, 15) is 18.8 Å². The molecule has 1 atom stereocenters. The number of nitrogens with zero attached hydrogens (tertiary/aromatic N) is 2. The number of hydrogen-bond acceptors (Lipinski definition) is 3. The third kappa shape index (κ3) is 3.58. The first-order valence-corrected chi connectivity index (χ1v) is 9.70. The molecule has 0 aliphatic carbocycles. The maximum atomic E-state index is 14.1. The van der Waals surface area contributed by atoms with Crippen LogP contribution in [-0.4, -0.2) is 46.3 Å². The summed E-state index contributed by atoms with van der Waals surface area (Å²) < 4.78 is 14.1. The quantitative estimate of drug-likeness (QED) is 0.782. The Balaban J connectivity index is 1.55. The highest BCUT2D eigenvalue weighted by Gasteiger charge is 2.53. The van der Waals surface area contributed by atoms with Crippen molar-refractivity contribution in [2.45, 2.75) is 24.9 Å². The van der Waals surface area contributed by atoms with E-state index in [0.29, 0.717) is 19.4 Å². The van der Waals surface area contributed by atoms with Gasteiger partial charge < -0.3 is 10.2 Å². The number of imide groups is 1. The van der Waals surface area contributed by atoms with Gasteiger partial charge in [0.2, 0.25) is 0 Å². The number of urea groups is 1. The molecule has 0 saturated carbocycles. The van der Waals surface area contributed by atoms with Crippen molar-refractivity contribution in [1.82, 2.24) is 15.1 Å². The van der Waals surface area contributed by atoms with Crippen LogP contribution in [0, 0.1) is 5.82 Å². The molecule has 0 aromatic heterocycles. The van der Waals surface area contributed by atoms with E-state index in [-0.39, 0.29) is 29.6 Å². The molecule has 2 aliphatic heterocycles. The Morgan fingerprint density at radius 1 is 1.17 bits per heavy atom. The fourth-order valence-corrected chi connectivity index (χ4v) is 4.10. The molecule has 29 heavy (non-hydrogen) atoms. The molecule has 6 nitrogen and oxygen atoms in total. The minimum Gasteiger partial charge on any atom is -0.336 e. The Bertz CT molecular complexity index is 984. The van der Waals surface area contributed by atoms with Gasteiger partial charge in [0.05, 0.1) is 18.7 Å². The van der Waals surface area contributed by atoms with Crippen molar-refractivity contribution in [1.29, 1.82) is 0 Å². The lowest BCUT2D eigenvalue weighted by molar-refractivity contribution is -0.133. The van der Waals surface area contributed by atoms with Crippen molar-refractivity contribution < 1.29 is 18.8 Å². The molecular formula is C21H19ClFN3O3. The van der Waals surface area contributed by atoms with Gasteiger partial charge in [0.25, 0.3) is 11.8 Å². The van der Waals surface area contributed by atoms with Gasteiger partial charge >= 0.3 is 6.03 Å². The molecule has 2 aromatic rings. The molecule has 4 amide bonds. The van der Waals surface area contributed by atoms with Crippen LogP contribution >= 0.6 is 11.6 Å². The molecule has 2 aromatic carbocycles. The number of carbonyl (C=O) groups is 3. The first-order valence-electron chi connectivity index (χ1n) is 9.32. The van der Waals surface area contributed by atoms with E-state index < -0.39 is 23.3 Å². The van der Waals surface area contributed by atoms with E-state index in [1.165, 1.54) is 21.9 Å². The molecule has 4 rings (SSSR count). The van der Waals surface area contributed by atoms with Crippen LogP contribution in [0.5, 0.6) is 0 Å². The minimum absolute atomic E-state index is 0.00630. The summed E-state index contributed by atoms with van der Waals surface area (Å²) in [5, 5.41) is 3.03. The van der Waals surface area contributed by atoms with Gasteiger partial charge in [-0.2, -0.15) is 0 Å². The Kier molecular flexibility index (Phi) is 5.00. The summed E-state index contributed by atoms with van der Waals surface area (Å²) >= 11 is 5.90. The third-order valence-electron chi connectivity index (χ3n) is 5.37. The molecule has 2 saturated heterocycles. The van der Waals surface area contributed by atoms with Crippen molar-refractivity contribution in [3.05, 3.63) is 70.5 Å². The van der Waals surface area contributed by atoms with Crippen LogP contribution in [0.4, 0.5) is 9.18 Å². The molecule has 0 radical (unpaired) electrons. The molecule has 2 fully saturated rings. The number of carbonyl (C=O) groups excluding carboxylic acids is 3. The van der Waals surface area contributed by atoms with Gasteiger partial charge in [-0.3, -0.25) is 14.5 Å². The Hall–Kier alpha value is -2.93. The van der Waals surface area contributed by atoms with Crippen molar-refractivity contribution in [3.63, 3.8) is 0 Å². The van der Waals surface area contributed by atoms with Gasteiger partial charge in [-0.25, -0.2) is 9.18 Å². The lowest BCUT2D eigenvalue weighted by Crippen LogP contribution is -2.59. The van der Waals surface area contributed by atoms with Gasteiger partial charge in [0.1, 0.15) is 11.4 Å². The second kappa shape index (κ2) is 7.48. The second-order valence-electron chi connectivity index (χ2n) is 7.34. The van der Waals surface area contributed by atoms with E-state index in [0.717, 1.165) is 11.6 Å². The molecule has 2 aliphatic rings. The summed E-state index contributed by atoms with van der Waals surface area (Å²) in [6.07, 6.45) is 0.934. The van der Waals surface area contributed by atoms with Crippen LogP contribution in [0.3, 0.4) is 0 Å². The predicted octanol–water partition coefficient (Wildman–Crippen LogP) is 3.21. The van der Waals surface area contributed by atoms with E-state index in [1.54, 1.807) is 0 Å². The lowest BCUT2D eigenvalue weighted by atomic mass is 9.88. The highest BCUT2D eigenvalue weighted by atomic mass is 35.5. The van der Waals surface area contributed by atoms with Crippen molar-refractivity contribution >= 4 is 29.4 Å². The molecule has 8 heteroatoms. The number of piperidine rings is 1. The van der Waals surface area contributed by atoms with Crippen LogP contribution < -0.4 is 5.32 Å². The largest absolute Gasteiger partial charge is 0.336 e. The fraction of sp³-hybridized carbons (Fsp3) is 0.286. The summed E-state index contributed by atoms with van der Waals surface area (Å²) in [5.41, 5.74) is -0.500. The number of rotatable bonds is 3. The number of hydrogen-bond donors (Lipinski definition) is 1. The Morgan fingerprint density at radius 2 is 1.93 bits per heavy atom. The molecule has 0 unspecified atom stereocenters. The van der Waals surface area contributed by atoms with Crippen LogP contribution in [0.1, 0.15) is 28.8 Å². The molecule has 2 heterocycles. The SMILES string of the molecule is O=C(c1cc(Cl)ccc1F)N1CCC[C@@]2(C1)NC(=O)N(Cc1ccccc1)C2=O. The molecule has 150 valence electrons.